The average Bonchev–Trinajstić information content (AvgIpc) is 2.77. The van der Waals surface area contributed by atoms with Crippen LogP contribution in [0.2, 0.25) is 0 Å². The van der Waals surface area contributed by atoms with Crippen molar-refractivity contribution < 1.29 is 0 Å². The van der Waals surface area contributed by atoms with Crippen molar-refractivity contribution >= 4 is 0 Å². The second kappa shape index (κ2) is 2.60. The van der Waals surface area contributed by atoms with Crippen LogP contribution in [0.25, 0.3) is 0 Å². The van der Waals surface area contributed by atoms with Gasteiger partial charge in [-0.1, -0.05) is 23.8 Å². The Bertz CT molecular complexity index is 383. The minimum atomic E-state index is 0.390. The van der Waals surface area contributed by atoms with E-state index in [4.69, 9.17) is 5.73 Å². The van der Waals surface area contributed by atoms with Gasteiger partial charge in [-0.05, 0) is 43.7 Å². The topological polar surface area (TPSA) is 26.0 Å². The molecule has 1 saturated carbocycles. The van der Waals surface area contributed by atoms with Gasteiger partial charge in [0.05, 0.1) is 0 Å². The van der Waals surface area contributed by atoms with Crippen LogP contribution in [0, 0.1) is 6.92 Å². The summed E-state index contributed by atoms with van der Waals surface area (Å²) in [5.74, 6) is 0. The molecule has 3 rings (SSSR count). The first-order valence-corrected chi connectivity index (χ1v) is 5.58. The molecule has 1 nitrogen and oxygen atoms in total. The van der Waals surface area contributed by atoms with Crippen LogP contribution in [0.4, 0.5) is 0 Å². The van der Waals surface area contributed by atoms with Crippen molar-refractivity contribution in [3.8, 4) is 0 Å². The fourth-order valence-corrected chi connectivity index (χ4v) is 3.07. The summed E-state index contributed by atoms with van der Waals surface area (Å²) in [6.07, 6.45) is 5.10. The van der Waals surface area contributed by atoms with Gasteiger partial charge in [0.15, 0.2) is 0 Å². The lowest BCUT2D eigenvalue weighted by Gasteiger charge is -2.26. The van der Waals surface area contributed by atoms with Crippen molar-refractivity contribution in [1.29, 1.82) is 0 Å². The van der Waals surface area contributed by atoms with Gasteiger partial charge in [-0.3, -0.25) is 0 Å². The Morgan fingerprint density at radius 1 is 1.43 bits per heavy atom. The third-order valence-corrected chi connectivity index (χ3v) is 4.00. The molecule has 0 amide bonds. The SMILES string of the molecule is Cc1ccc2c(c1)CCCC21CC1N. The second-order valence-corrected chi connectivity index (χ2v) is 4.98. The molecule has 1 aromatic carbocycles. The smallest absolute Gasteiger partial charge is 0.0146 e. The summed E-state index contributed by atoms with van der Waals surface area (Å²) < 4.78 is 0. The zero-order valence-electron chi connectivity index (χ0n) is 8.72. The number of aryl methyl sites for hydroxylation is 2. The Morgan fingerprint density at radius 2 is 2.21 bits per heavy atom. The molecule has 0 heterocycles. The van der Waals surface area contributed by atoms with Crippen molar-refractivity contribution in [3.05, 3.63) is 34.9 Å². The third-order valence-electron chi connectivity index (χ3n) is 4.00. The summed E-state index contributed by atoms with van der Waals surface area (Å²) >= 11 is 0. The van der Waals surface area contributed by atoms with Crippen molar-refractivity contribution in [2.45, 2.75) is 44.1 Å². The molecule has 0 radical (unpaired) electrons. The van der Waals surface area contributed by atoms with E-state index in [1.165, 1.54) is 31.2 Å². The van der Waals surface area contributed by atoms with Gasteiger partial charge in [-0.2, -0.15) is 0 Å². The Kier molecular flexibility index (Phi) is 1.58. The maximum Gasteiger partial charge on any atom is 0.0146 e. The molecule has 0 aromatic heterocycles. The molecule has 0 aliphatic heterocycles. The monoisotopic (exact) mass is 187 g/mol. The first-order chi connectivity index (χ1) is 6.72. The Hall–Kier alpha value is -0.820. The van der Waals surface area contributed by atoms with Crippen LogP contribution in [0.5, 0.6) is 0 Å². The summed E-state index contributed by atoms with van der Waals surface area (Å²) in [7, 11) is 0. The van der Waals surface area contributed by atoms with Crippen LogP contribution in [-0.2, 0) is 11.8 Å². The van der Waals surface area contributed by atoms with Crippen molar-refractivity contribution in [2.75, 3.05) is 0 Å². The predicted molar refractivity (Wildman–Crippen MR) is 58.4 cm³/mol. The first kappa shape index (κ1) is 8.49. The lowest BCUT2D eigenvalue weighted by Crippen LogP contribution is -2.23. The predicted octanol–water partition coefficient (Wildman–Crippen LogP) is 2.30. The lowest BCUT2D eigenvalue weighted by molar-refractivity contribution is 0.525. The highest BCUT2D eigenvalue weighted by Gasteiger charge is 2.54. The fourth-order valence-electron chi connectivity index (χ4n) is 3.07. The van der Waals surface area contributed by atoms with Crippen LogP contribution in [-0.4, -0.2) is 6.04 Å². The number of rotatable bonds is 0. The summed E-state index contributed by atoms with van der Waals surface area (Å²) in [5.41, 5.74) is 11.0. The maximum absolute atomic E-state index is 6.08. The molecule has 1 heteroatoms. The zero-order valence-corrected chi connectivity index (χ0v) is 8.72. The molecule has 2 aliphatic carbocycles. The molecule has 2 atom stereocenters. The average molecular weight is 187 g/mol. The van der Waals surface area contributed by atoms with Gasteiger partial charge in [0, 0.05) is 11.5 Å². The van der Waals surface area contributed by atoms with Gasteiger partial charge in [0.2, 0.25) is 0 Å². The van der Waals surface area contributed by atoms with Crippen molar-refractivity contribution in [1.82, 2.24) is 0 Å². The summed E-state index contributed by atoms with van der Waals surface area (Å²) in [6, 6.07) is 7.33. The van der Waals surface area contributed by atoms with Crippen molar-refractivity contribution in [2.24, 2.45) is 5.73 Å². The van der Waals surface area contributed by atoms with Gasteiger partial charge in [-0.15, -0.1) is 0 Å². The van der Waals surface area contributed by atoms with Crippen LogP contribution < -0.4 is 5.73 Å². The Morgan fingerprint density at radius 3 is 2.93 bits per heavy atom. The quantitative estimate of drug-likeness (QED) is 0.662. The molecule has 2 aliphatic rings. The standard InChI is InChI=1S/C13H17N/c1-9-4-5-11-10(7-9)3-2-6-13(11)8-12(13)14/h4-5,7,12H,2-3,6,8,14H2,1H3. The van der Waals surface area contributed by atoms with E-state index in [1.54, 1.807) is 11.1 Å². The zero-order chi connectivity index (χ0) is 9.76. The van der Waals surface area contributed by atoms with Gasteiger partial charge in [0.25, 0.3) is 0 Å². The molecular weight excluding hydrogens is 170 g/mol. The van der Waals surface area contributed by atoms with Gasteiger partial charge >= 0.3 is 0 Å². The molecular formula is C13H17N. The highest BCUT2D eigenvalue weighted by atomic mass is 14.8. The van der Waals surface area contributed by atoms with E-state index in [1.807, 2.05) is 0 Å². The summed E-state index contributed by atoms with van der Waals surface area (Å²) in [6.45, 7) is 2.17. The summed E-state index contributed by atoms with van der Waals surface area (Å²) in [4.78, 5) is 0. The molecule has 74 valence electrons. The molecule has 2 N–H and O–H groups in total. The van der Waals surface area contributed by atoms with E-state index < -0.39 is 0 Å². The lowest BCUT2D eigenvalue weighted by atomic mass is 9.79. The van der Waals surface area contributed by atoms with Crippen molar-refractivity contribution in [3.63, 3.8) is 0 Å². The highest BCUT2D eigenvalue weighted by molar-refractivity contribution is 5.45. The van der Waals surface area contributed by atoms with Crippen LogP contribution in [0.3, 0.4) is 0 Å². The van der Waals surface area contributed by atoms with Gasteiger partial charge < -0.3 is 5.73 Å². The summed E-state index contributed by atoms with van der Waals surface area (Å²) in [5, 5.41) is 0. The highest BCUT2D eigenvalue weighted by Crippen LogP contribution is 2.54. The molecule has 0 bridgehead atoms. The normalized spacial score (nSPS) is 34.3. The van der Waals surface area contributed by atoms with Gasteiger partial charge in [0.1, 0.15) is 0 Å². The van der Waals surface area contributed by atoms with Crippen LogP contribution >= 0.6 is 0 Å². The Balaban J connectivity index is 2.12. The van der Waals surface area contributed by atoms with E-state index in [2.05, 4.69) is 25.1 Å². The fraction of sp³-hybridized carbons (Fsp3) is 0.538. The van der Waals surface area contributed by atoms with E-state index in [0.29, 0.717) is 11.5 Å². The largest absolute Gasteiger partial charge is 0.327 e. The van der Waals surface area contributed by atoms with E-state index in [-0.39, 0.29) is 0 Å². The number of benzene rings is 1. The number of hydrogen-bond donors (Lipinski definition) is 1. The maximum atomic E-state index is 6.08. The molecule has 1 spiro atoms. The van der Waals surface area contributed by atoms with Crippen LogP contribution in [0.1, 0.15) is 36.0 Å². The van der Waals surface area contributed by atoms with Crippen LogP contribution in [0.15, 0.2) is 18.2 Å². The minimum absolute atomic E-state index is 0.390. The Labute approximate surface area is 85.3 Å². The second-order valence-electron chi connectivity index (χ2n) is 4.98. The molecule has 1 fully saturated rings. The van der Waals surface area contributed by atoms with Gasteiger partial charge in [-0.25, -0.2) is 0 Å². The molecule has 0 saturated heterocycles. The first-order valence-electron chi connectivity index (χ1n) is 5.58. The van der Waals surface area contributed by atoms with E-state index in [9.17, 15) is 0 Å². The minimum Gasteiger partial charge on any atom is -0.327 e. The molecule has 14 heavy (non-hydrogen) atoms. The molecule has 2 unspecified atom stereocenters. The number of hydrogen-bond acceptors (Lipinski definition) is 1. The number of nitrogens with two attached hydrogens (primary N) is 1. The number of fused-ring (bicyclic) bond motifs is 2. The molecule has 1 aromatic rings. The van der Waals surface area contributed by atoms with E-state index in [0.717, 1.165) is 0 Å². The van der Waals surface area contributed by atoms with E-state index >= 15 is 0 Å². The third kappa shape index (κ3) is 0.992.